The molecule has 2 nitrogen and oxygen atoms in total. The number of benzene rings is 1. The maximum Gasteiger partial charge on any atom is 0.0475 e. The van der Waals surface area contributed by atoms with E-state index in [9.17, 15) is 0 Å². The highest BCUT2D eigenvalue weighted by molar-refractivity contribution is 9.10. The summed E-state index contributed by atoms with van der Waals surface area (Å²) in [5, 5.41) is 3.61. The molecule has 2 heterocycles. The third-order valence-electron chi connectivity index (χ3n) is 4.10. The highest BCUT2D eigenvalue weighted by atomic mass is 79.9. The lowest BCUT2D eigenvalue weighted by Gasteiger charge is -2.37. The van der Waals surface area contributed by atoms with Gasteiger partial charge >= 0.3 is 0 Å². The van der Waals surface area contributed by atoms with E-state index >= 15 is 0 Å². The summed E-state index contributed by atoms with van der Waals surface area (Å²) < 4.78 is 6.68. The molecule has 0 amide bonds. The normalized spacial score (nSPS) is 26.5. The number of halogens is 1. The van der Waals surface area contributed by atoms with Crippen molar-refractivity contribution in [3.05, 3.63) is 28.2 Å². The minimum absolute atomic E-state index is 0.289. The minimum atomic E-state index is 0.289. The molecule has 2 aliphatic rings. The van der Waals surface area contributed by atoms with Gasteiger partial charge in [0.1, 0.15) is 0 Å². The maximum atomic E-state index is 5.51. The minimum Gasteiger partial charge on any atom is -0.381 e. The molecule has 3 rings (SSSR count). The molecule has 3 heteroatoms. The van der Waals surface area contributed by atoms with Crippen molar-refractivity contribution in [1.29, 1.82) is 0 Å². The van der Waals surface area contributed by atoms with Crippen LogP contribution in [0.1, 0.15) is 25.3 Å². The van der Waals surface area contributed by atoms with Gasteiger partial charge in [-0.15, -0.1) is 0 Å². The molecule has 1 spiro atoms. The van der Waals surface area contributed by atoms with Gasteiger partial charge in [0.15, 0.2) is 0 Å². The molecule has 1 aromatic carbocycles. The van der Waals surface area contributed by atoms with E-state index in [1.54, 1.807) is 0 Å². The maximum absolute atomic E-state index is 5.51. The predicted octanol–water partition coefficient (Wildman–Crippen LogP) is 3.31. The predicted molar refractivity (Wildman–Crippen MR) is 69.0 cm³/mol. The molecule has 0 aliphatic carbocycles. The summed E-state index contributed by atoms with van der Waals surface area (Å²) in [6, 6.07) is 7.08. The Morgan fingerprint density at radius 2 is 2.12 bits per heavy atom. The third kappa shape index (κ3) is 1.41. The number of fused-ring (bicyclic) bond motifs is 2. The van der Waals surface area contributed by atoms with Crippen molar-refractivity contribution in [2.24, 2.45) is 0 Å². The van der Waals surface area contributed by atoms with Gasteiger partial charge in [-0.3, -0.25) is 0 Å². The average molecular weight is 282 g/mol. The van der Waals surface area contributed by atoms with Gasteiger partial charge in [0.05, 0.1) is 0 Å². The van der Waals surface area contributed by atoms with E-state index in [0.717, 1.165) is 26.1 Å². The Hall–Kier alpha value is -0.540. The van der Waals surface area contributed by atoms with Crippen LogP contribution in [0.15, 0.2) is 22.7 Å². The second-order valence-corrected chi connectivity index (χ2v) is 5.74. The van der Waals surface area contributed by atoms with Gasteiger partial charge in [0, 0.05) is 34.8 Å². The van der Waals surface area contributed by atoms with E-state index < -0.39 is 0 Å². The fourth-order valence-electron chi connectivity index (χ4n) is 3.10. The second-order valence-electron chi connectivity index (χ2n) is 4.82. The van der Waals surface area contributed by atoms with E-state index in [2.05, 4.69) is 46.4 Å². The molecule has 0 aromatic heterocycles. The number of rotatable bonds is 0. The first-order valence-electron chi connectivity index (χ1n) is 5.87. The lowest BCUT2D eigenvalue weighted by Crippen LogP contribution is -2.41. The largest absolute Gasteiger partial charge is 0.381 e. The van der Waals surface area contributed by atoms with Crippen LogP contribution in [-0.4, -0.2) is 19.3 Å². The molecule has 0 saturated carbocycles. The Bertz CT molecular complexity index is 412. The Morgan fingerprint density at radius 3 is 2.88 bits per heavy atom. The zero-order valence-corrected chi connectivity index (χ0v) is 11.0. The Labute approximate surface area is 105 Å². The van der Waals surface area contributed by atoms with Crippen LogP contribution in [0.5, 0.6) is 0 Å². The SMILES string of the molecule is CC1Nc2ccc(Br)cc2C12CCOCC2. The molecule has 86 valence electrons. The van der Waals surface area contributed by atoms with Crippen LogP contribution in [0.4, 0.5) is 5.69 Å². The molecule has 2 aliphatic heterocycles. The van der Waals surface area contributed by atoms with E-state index in [4.69, 9.17) is 4.74 Å². The molecule has 1 atom stereocenters. The molecule has 1 unspecified atom stereocenters. The molecule has 1 fully saturated rings. The first kappa shape index (κ1) is 10.6. The van der Waals surface area contributed by atoms with Crippen LogP contribution in [0.25, 0.3) is 0 Å². The highest BCUT2D eigenvalue weighted by Crippen LogP contribution is 2.48. The standard InChI is InChI=1S/C13H16BrNO/c1-9-13(4-6-16-7-5-13)11-8-10(14)2-3-12(11)15-9/h2-3,8-9,15H,4-7H2,1H3. The first-order chi connectivity index (χ1) is 7.72. The lowest BCUT2D eigenvalue weighted by molar-refractivity contribution is 0.0477. The van der Waals surface area contributed by atoms with Crippen LogP contribution >= 0.6 is 15.9 Å². The summed E-state index contributed by atoms with van der Waals surface area (Å²) in [5.41, 5.74) is 3.06. The smallest absolute Gasteiger partial charge is 0.0475 e. The molecule has 0 radical (unpaired) electrons. The zero-order chi connectivity index (χ0) is 11.2. The summed E-state index contributed by atoms with van der Waals surface area (Å²) in [5.74, 6) is 0. The average Bonchev–Trinajstić information content (AvgIpc) is 2.55. The lowest BCUT2D eigenvalue weighted by atomic mass is 9.71. The number of ether oxygens (including phenoxy) is 1. The molecule has 1 aromatic rings. The van der Waals surface area contributed by atoms with Crippen molar-refractivity contribution in [2.75, 3.05) is 18.5 Å². The van der Waals surface area contributed by atoms with Crippen molar-refractivity contribution in [3.63, 3.8) is 0 Å². The van der Waals surface area contributed by atoms with Crippen LogP contribution in [-0.2, 0) is 10.2 Å². The molecular formula is C13H16BrNO. The summed E-state index contributed by atoms with van der Waals surface area (Å²) in [6.07, 6.45) is 2.26. The van der Waals surface area contributed by atoms with Crippen LogP contribution in [0, 0.1) is 0 Å². The van der Waals surface area contributed by atoms with Crippen molar-refractivity contribution in [1.82, 2.24) is 0 Å². The summed E-state index contributed by atoms with van der Waals surface area (Å²) >= 11 is 3.58. The number of hydrogen-bond acceptors (Lipinski definition) is 2. The zero-order valence-electron chi connectivity index (χ0n) is 9.42. The quantitative estimate of drug-likeness (QED) is 0.788. The third-order valence-corrected chi connectivity index (χ3v) is 4.60. The number of hydrogen-bond donors (Lipinski definition) is 1. The van der Waals surface area contributed by atoms with Crippen LogP contribution in [0.2, 0.25) is 0 Å². The van der Waals surface area contributed by atoms with E-state index in [0.29, 0.717) is 6.04 Å². The van der Waals surface area contributed by atoms with Gasteiger partial charge in [-0.1, -0.05) is 15.9 Å². The Balaban J connectivity index is 2.09. The molecule has 16 heavy (non-hydrogen) atoms. The Morgan fingerprint density at radius 1 is 1.38 bits per heavy atom. The van der Waals surface area contributed by atoms with E-state index in [1.807, 2.05) is 0 Å². The van der Waals surface area contributed by atoms with Gasteiger partial charge in [-0.25, -0.2) is 0 Å². The Kier molecular flexibility index (Phi) is 2.48. The molecule has 1 N–H and O–H groups in total. The summed E-state index contributed by atoms with van der Waals surface area (Å²) in [7, 11) is 0. The van der Waals surface area contributed by atoms with Crippen molar-refractivity contribution >= 4 is 21.6 Å². The second kappa shape index (κ2) is 3.74. The van der Waals surface area contributed by atoms with E-state index in [-0.39, 0.29) is 5.41 Å². The number of nitrogens with one attached hydrogen (secondary N) is 1. The monoisotopic (exact) mass is 281 g/mol. The topological polar surface area (TPSA) is 21.3 Å². The van der Waals surface area contributed by atoms with Crippen molar-refractivity contribution in [2.45, 2.75) is 31.2 Å². The molecule has 1 saturated heterocycles. The number of anilines is 1. The van der Waals surface area contributed by atoms with Gasteiger partial charge in [-0.05, 0) is 43.5 Å². The van der Waals surface area contributed by atoms with Crippen LogP contribution < -0.4 is 5.32 Å². The highest BCUT2D eigenvalue weighted by Gasteiger charge is 2.45. The van der Waals surface area contributed by atoms with Gasteiger partial charge in [0.25, 0.3) is 0 Å². The van der Waals surface area contributed by atoms with Gasteiger partial charge < -0.3 is 10.1 Å². The summed E-state index contributed by atoms with van der Waals surface area (Å²) in [6.45, 7) is 4.06. The van der Waals surface area contributed by atoms with Crippen molar-refractivity contribution in [3.8, 4) is 0 Å². The molecular weight excluding hydrogens is 266 g/mol. The van der Waals surface area contributed by atoms with Gasteiger partial charge in [0.2, 0.25) is 0 Å². The fourth-order valence-corrected chi connectivity index (χ4v) is 3.46. The summed E-state index contributed by atoms with van der Waals surface area (Å²) in [4.78, 5) is 0. The molecule has 0 bridgehead atoms. The fraction of sp³-hybridized carbons (Fsp3) is 0.538. The van der Waals surface area contributed by atoms with Crippen LogP contribution in [0.3, 0.4) is 0 Å². The van der Waals surface area contributed by atoms with Gasteiger partial charge in [-0.2, -0.15) is 0 Å². The van der Waals surface area contributed by atoms with Crippen molar-refractivity contribution < 1.29 is 4.74 Å². The first-order valence-corrected chi connectivity index (χ1v) is 6.66. The van der Waals surface area contributed by atoms with E-state index in [1.165, 1.54) is 15.7 Å².